The van der Waals surface area contributed by atoms with Crippen LogP contribution in [0.5, 0.6) is 0 Å². The highest BCUT2D eigenvalue weighted by Crippen LogP contribution is 2.49. The van der Waals surface area contributed by atoms with Crippen LogP contribution < -0.4 is 5.32 Å². The quantitative estimate of drug-likeness (QED) is 0.798. The van der Waals surface area contributed by atoms with Crippen molar-refractivity contribution in [3.8, 4) is 11.3 Å². The molecule has 3 aliphatic carbocycles. The van der Waals surface area contributed by atoms with Crippen molar-refractivity contribution in [1.29, 1.82) is 0 Å². The number of aliphatic carboxylic acids is 1. The molecule has 1 aromatic carbocycles. The lowest BCUT2D eigenvalue weighted by Crippen LogP contribution is -2.49. The van der Waals surface area contributed by atoms with Gasteiger partial charge in [-0.25, -0.2) is 4.98 Å². The summed E-state index contributed by atoms with van der Waals surface area (Å²) in [5.41, 5.74) is 1.93. The number of nitrogens with zero attached hydrogens (tertiary/aromatic N) is 1. The third-order valence-electron chi connectivity index (χ3n) is 6.10. The van der Waals surface area contributed by atoms with Gasteiger partial charge in [0.2, 0.25) is 5.91 Å². The summed E-state index contributed by atoms with van der Waals surface area (Å²) >= 11 is 1.49. The second kappa shape index (κ2) is 7.43. The minimum atomic E-state index is -0.831. The molecule has 0 saturated heterocycles. The fourth-order valence-corrected chi connectivity index (χ4v) is 5.76. The van der Waals surface area contributed by atoms with Gasteiger partial charge in [0.25, 0.3) is 0 Å². The van der Waals surface area contributed by atoms with Gasteiger partial charge in [-0.3, -0.25) is 9.59 Å². The van der Waals surface area contributed by atoms with E-state index < -0.39 is 17.8 Å². The van der Waals surface area contributed by atoms with E-state index in [0.29, 0.717) is 5.13 Å². The molecule has 27 heavy (non-hydrogen) atoms. The molecule has 2 unspecified atom stereocenters. The van der Waals surface area contributed by atoms with Crippen molar-refractivity contribution in [2.45, 2.75) is 39.0 Å². The first kappa shape index (κ1) is 18.2. The molecule has 2 atom stereocenters. The van der Waals surface area contributed by atoms with Crippen molar-refractivity contribution in [3.05, 3.63) is 35.2 Å². The first-order valence-electron chi connectivity index (χ1n) is 9.67. The van der Waals surface area contributed by atoms with Gasteiger partial charge in [-0.2, -0.15) is 0 Å². The molecule has 0 radical (unpaired) electrons. The van der Waals surface area contributed by atoms with E-state index in [1.54, 1.807) is 0 Å². The monoisotopic (exact) mass is 384 g/mol. The highest BCUT2D eigenvalue weighted by atomic mass is 32.1. The summed E-state index contributed by atoms with van der Waals surface area (Å²) in [5, 5.41) is 13.2. The second-order valence-corrected chi connectivity index (χ2v) is 8.65. The number of rotatable bonds is 5. The summed E-state index contributed by atoms with van der Waals surface area (Å²) < 4.78 is 0. The first-order chi connectivity index (χ1) is 13.1. The Balaban J connectivity index is 1.58. The number of benzene rings is 1. The van der Waals surface area contributed by atoms with Gasteiger partial charge < -0.3 is 10.4 Å². The number of carbonyl (C=O) groups is 2. The zero-order valence-corrected chi connectivity index (χ0v) is 16.2. The molecule has 3 aliphatic rings. The van der Waals surface area contributed by atoms with Gasteiger partial charge in [0.1, 0.15) is 0 Å². The minimum Gasteiger partial charge on any atom is -0.481 e. The fraction of sp³-hybridized carbons (Fsp3) is 0.476. The lowest BCUT2D eigenvalue weighted by Gasteiger charge is -2.45. The van der Waals surface area contributed by atoms with E-state index in [1.807, 2.05) is 30.3 Å². The first-order valence-corrected chi connectivity index (χ1v) is 10.5. The van der Waals surface area contributed by atoms with Crippen LogP contribution in [0.1, 0.15) is 37.5 Å². The number of aromatic nitrogens is 1. The Kier molecular flexibility index (Phi) is 5.00. The van der Waals surface area contributed by atoms with Crippen LogP contribution in [-0.4, -0.2) is 22.0 Å². The summed E-state index contributed by atoms with van der Waals surface area (Å²) in [6.07, 6.45) is 4.62. The summed E-state index contributed by atoms with van der Waals surface area (Å²) in [7, 11) is 0. The molecule has 1 amide bonds. The summed E-state index contributed by atoms with van der Waals surface area (Å²) in [6, 6.07) is 9.94. The maximum Gasteiger partial charge on any atom is 0.307 e. The molecule has 3 saturated carbocycles. The number of anilines is 1. The maximum atomic E-state index is 13.0. The van der Waals surface area contributed by atoms with Gasteiger partial charge >= 0.3 is 5.97 Å². The predicted octanol–water partition coefficient (Wildman–Crippen LogP) is 4.45. The Hall–Kier alpha value is -2.21. The number of hydrogen-bond acceptors (Lipinski definition) is 4. The number of aryl methyl sites for hydroxylation is 1. The van der Waals surface area contributed by atoms with E-state index in [9.17, 15) is 14.7 Å². The maximum absolute atomic E-state index is 13.0. The van der Waals surface area contributed by atoms with E-state index in [0.717, 1.165) is 48.2 Å². The normalized spacial score (nSPS) is 26.7. The van der Waals surface area contributed by atoms with Crippen LogP contribution in [0.2, 0.25) is 0 Å². The third-order valence-corrected chi connectivity index (χ3v) is 7.22. The predicted molar refractivity (Wildman–Crippen MR) is 106 cm³/mol. The van der Waals surface area contributed by atoms with Crippen molar-refractivity contribution in [2.75, 3.05) is 5.32 Å². The van der Waals surface area contributed by atoms with E-state index >= 15 is 0 Å². The van der Waals surface area contributed by atoms with E-state index in [1.165, 1.54) is 11.3 Å². The smallest absolute Gasteiger partial charge is 0.307 e. The number of fused-ring (bicyclic) bond motifs is 3. The summed E-state index contributed by atoms with van der Waals surface area (Å²) in [4.78, 5) is 30.6. The average Bonchev–Trinajstić information content (AvgIpc) is 3.11. The largest absolute Gasteiger partial charge is 0.481 e. The molecule has 6 heteroatoms. The number of carboxylic acid groups (broad SMARTS) is 1. The van der Waals surface area contributed by atoms with Crippen LogP contribution in [0.25, 0.3) is 11.3 Å². The van der Waals surface area contributed by atoms with Crippen molar-refractivity contribution in [3.63, 3.8) is 0 Å². The van der Waals surface area contributed by atoms with Gasteiger partial charge in [0.05, 0.1) is 17.5 Å². The highest BCUT2D eigenvalue weighted by molar-refractivity contribution is 7.16. The van der Waals surface area contributed by atoms with Gasteiger partial charge in [-0.15, -0.1) is 11.3 Å². The molecule has 1 aromatic heterocycles. The molecule has 142 valence electrons. The Morgan fingerprint density at radius 3 is 2.33 bits per heavy atom. The molecule has 2 bridgehead atoms. The molecule has 0 aliphatic heterocycles. The minimum absolute atomic E-state index is 0.130. The molecule has 3 fully saturated rings. The lowest BCUT2D eigenvalue weighted by atomic mass is 9.58. The molecule has 2 N–H and O–H groups in total. The van der Waals surface area contributed by atoms with Crippen molar-refractivity contribution in [1.82, 2.24) is 4.98 Å². The topological polar surface area (TPSA) is 79.3 Å². The zero-order valence-electron chi connectivity index (χ0n) is 15.4. The number of hydrogen-bond donors (Lipinski definition) is 2. The van der Waals surface area contributed by atoms with Gasteiger partial charge in [-0.1, -0.05) is 37.3 Å². The number of carbonyl (C=O) groups excluding carboxylic acids is 1. The molecule has 5 rings (SSSR count). The van der Waals surface area contributed by atoms with Crippen molar-refractivity contribution >= 4 is 28.3 Å². The standard InChI is InChI=1S/C21H24N2O3S/c1-2-15-18(14-6-4-3-5-7-14)22-21(27-15)23-19(24)16-12-8-10-13(11-9-12)17(16)20(25)26/h3-7,12-13,16-17H,2,8-11H2,1H3,(H,25,26)(H,22,23,24). The van der Waals surface area contributed by atoms with Gasteiger partial charge in [-0.05, 0) is 43.9 Å². The van der Waals surface area contributed by atoms with E-state index in [2.05, 4.69) is 17.2 Å². The number of carboxylic acids is 1. The Labute approximate surface area is 162 Å². The molecule has 5 nitrogen and oxygen atoms in total. The van der Waals surface area contributed by atoms with Crippen LogP contribution in [-0.2, 0) is 16.0 Å². The molecule has 2 aromatic rings. The molecule has 1 heterocycles. The molecular formula is C21H24N2O3S. The average molecular weight is 385 g/mol. The summed E-state index contributed by atoms with van der Waals surface area (Å²) in [6.45, 7) is 2.08. The lowest BCUT2D eigenvalue weighted by molar-refractivity contribution is -0.156. The van der Waals surface area contributed by atoms with Crippen LogP contribution in [0.4, 0.5) is 5.13 Å². The zero-order chi connectivity index (χ0) is 19.0. The van der Waals surface area contributed by atoms with Crippen molar-refractivity contribution in [2.24, 2.45) is 23.7 Å². The SMILES string of the molecule is CCc1sc(NC(=O)C2C3CCC(CC3)C2C(=O)O)nc1-c1ccccc1. The van der Waals surface area contributed by atoms with Gasteiger partial charge in [0, 0.05) is 10.4 Å². The molecule has 0 spiro atoms. The Bertz CT molecular complexity index is 840. The van der Waals surface area contributed by atoms with Crippen LogP contribution >= 0.6 is 11.3 Å². The second-order valence-electron chi connectivity index (χ2n) is 7.56. The fourth-order valence-electron chi connectivity index (χ4n) is 4.84. The van der Waals surface area contributed by atoms with Crippen LogP contribution in [0, 0.1) is 23.7 Å². The van der Waals surface area contributed by atoms with E-state index in [-0.39, 0.29) is 17.7 Å². The molecular weight excluding hydrogens is 360 g/mol. The summed E-state index contributed by atoms with van der Waals surface area (Å²) in [5.74, 6) is -1.70. The number of amides is 1. The van der Waals surface area contributed by atoms with E-state index in [4.69, 9.17) is 0 Å². The Morgan fingerprint density at radius 2 is 1.74 bits per heavy atom. The Morgan fingerprint density at radius 1 is 1.11 bits per heavy atom. The third kappa shape index (κ3) is 3.38. The highest BCUT2D eigenvalue weighted by Gasteiger charge is 2.50. The van der Waals surface area contributed by atoms with Crippen LogP contribution in [0.3, 0.4) is 0 Å². The van der Waals surface area contributed by atoms with Gasteiger partial charge in [0.15, 0.2) is 5.13 Å². The number of nitrogens with one attached hydrogen (secondary N) is 1. The van der Waals surface area contributed by atoms with Crippen LogP contribution in [0.15, 0.2) is 30.3 Å². The number of thiazole rings is 1. The van der Waals surface area contributed by atoms with Crippen molar-refractivity contribution < 1.29 is 14.7 Å².